The van der Waals surface area contributed by atoms with Crippen molar-refractivity contribution in [3.05, 3.63) is 63.6 Å². The largest absolute Gasteiger partial charge is 0.398 e. The minimum Gasteiger partial charge on any atom is -0.398 e. The van der Waals surface area contributed by atoms with Crippen LogP contribution in [0.4, 0.5) is 5.69 Å². The molecule has 0 heterocycles. The third kappa shape index (κ3) is 3.20. The Hall–Kier alpha value is -1.81. The van der Waals surface area contributed by atoms with Gasteiger partial charge in [-0.1, -0.05) is 40.2 Å². The van der Waals surface area contributed by atoms with Crippen LogP contribution in [0.25, 0.3) is 0 Å². The van der Waals surface area contributed by atoms with Gasteiger partial charge in [0.15, 0.2) is 0 Å². The molecule has 0 radical (unpaired) electrons. The van der Waals surface area contributed by atoms with E-state index in [1.807, 2.05) is 43.3 Å². The molecular formula is C16H17BrN2O. The van der Waals surface area contributed by atoms with Gasteiger partial charge >= 0.3 is 0 Å². The molecular weight excluding hydrogens is 316 g/mol. The fourth-order valence-electron chi connectivity index (χ4n) is 2.01. The van der Waals surface area contributed by atoms with Gasteiger partial charge in [0, 0.05) is 23.8 Å². The zero-order chi connectivity index (χ0) is 14.7. The summed E-state index contributed by atoms with van der Waals surface area (Å²) >= 11 is 3.40. The Labute approximate surface area is 127 Å². The van der Waals surface area contributed by atoms with Crippen LogP contribution in [0.15, 0.2) is 46.9 Å². The number of nitrogen functional groups attached to an aromatic ring is 1. The third-order valence-corrected chi connectivity index (χ3v) is 3.76. The fraction of sp³-hybridized carbons (Fsp3) is 0.188. The van der Waals surface area contributed by atoms with Crippen LogP contribution in [0.5, 0.6) is 0 Å². The van der Waals surface area contributed by atoms with Gasteiger partial charge in [0.2, 0.25) is 0 Å². The summed E-state index contributed by atoms with van der Waals surface area (Å²) < 4.78 is 1.03. The summed E-state index contributed by atoms with van der Waals surface area (Å²) in [5.41, 5.74) is 9.10. The normalized spacial score (nSPS) is 10.3. The second-order valence-electron chi connectivity index (χ2n) is 4.82. The molecule has 2 aromatic carbocycles. The van der Waals surface area contributed by atoms with Crippen LogP contribution in [-0.4, -0.2) is 17.9 Å². The summed E-state index contributed by atoms with van der Waals surface area (Å²) in [4.78, 5) is 14.1. The quantitative estimate of drug-likeness (QED) is 0.872. The van der Waals surface area contributed by atoms with Crippen LogP contribution in [-0.2, 0) is 6.54 Å². The molecule has 0 saturated carbocycles. The van der Waals surface area contributed by atoms with E-state index in [2.05, 4.69) is 15.9 Å². The maximum atomic E-state index is 12.4. The molecule has 1 amide bonds. The number of carbonyl (C=O) groups excluding carboxylic acids is 1. The first-order valence-electron chi connectivity index (χ1n) is 6.34. The molecule has 0 aliphatic rings. The van der Waals surface area contributed by atoms with Gasteiger partial charge in [-0.3, -0.25) is 4.79 Å². The molecule has 0 atom stereocenters. The highest BCUT2D eigenvalue weighted by Crippen LogP contribution is 2.19. The summed E-state index contributed by atoms with van der Waals surface area (Å²) in [5.74, 6) is -0.0610. The van der Waals surface area contributed by atoms with E-state index in [4.69, 9.17) is 5.73 Å². The smallest absolute Gasteiger partial charge is 0.255 e. The number of amides is 1. The summed E-state index contributed by atoms with van der Waals surface area (Å²) in [6, 6.07) is 13.4. The number of halogens is 1. The van der Waals surface area contributed by atoms with Gasteiger partial charge < -0.3 is 10.6 Å². The second kappa shape index (κ2) is 6.09. The van der Waals surface area contributed by atoms with E-state index in [1.165, 1.54) is 0 Å². The molecule has 0 saturated heterocycles. The third-order valence-electron chi connectivity index (χ3n) is 3.23. The first kappa shape index (κ1) is 14.6. The van der Waals surface area contributed by atoms with Gasteiger partial charge in [0.25, 0.3) is 5.91 Å². The minimum atomic E-state index is -0.0610. The molecule has 2 rings (SSSR count). The molecule has 0 aliphatic carbocycles. The molecule has 0 spiro atoms. The van der Waals surface area contributed by atoms with Crippen molar-refractivity contribution in [3.63, 3.8) is 0 Å². The Morgan fingerprint density at radius 1 is 1.20 bits per heavy atom. The molecule has 0 bridgehead atoms. The zero-order valence-electron chi connectivity index (χ0n) is 11.6. The lowest BCUT2D eigenvalue weighted by Gasteiger charge is -2.19. The van der Waals surface area contributed by atoms with Gasteiger partial charge in [-0.2, -0.15) is 0 Å². The van der Waals surface area contributed by atoms with Crippen molar-refractivity contribution < 1.29 is 4.79 Å². The van der Waals surface area contributed by atoms with Gasteiger partial charge in [0.05, 0.1) is 5.56 Å². The van der Waals surface area contributed by atoms with E-state index in [9.17, 15) is 4.79 Å². The molecule has 20 heavy (non-hydrogen) atoms. The molecule has 0 unspecified atom stereocenters. The minimum absolute atomic E-state index is 0.0610. The summed E-state index contributed by atoms with van der Waals surface area (Å²) in [6.07, 6.45) is 0. The molecule has 3 nitrogen and oxygen atoms in total. The predicted octanol–water partition coefficient (Wildman–Crippen LogP) is 3.61. The summed E-state index contributed by atoms with van der Waals surface area (Å²) in [5, 5.41) is 0. The van der Waals surface area contributed by atoms with Crippen LogP contribution < -0.4 is 5.73 Å². The number of hydrogen-bond acceptors (Lipinski definition) is 2. The topological polar surface area (TPSA) is 46.3 Å². The van der Waals surface area contributed by atoms with E-state index in [-0.39, 0.29) is 5.91 Å². The second-order valence-corrected chi connectivity index (χ2v) is 5.74. The lowest BCUT2D eigenvalue weighted by atomic mass is 10.1. The number of benzene rings is 2. The highest BCUT2D eigenvalue weighted by atomic mass is 79.9. The van der Waals surface area contributed by atoms with Gasteiger partial charge in [-0.05, 0) is 36.2 Å². The van der Waals surface area contributed by atoms with Crippen molar-refractivity contribution in [1.29, 1.82) is 0 Å². The highest BCUT2D eigenvalue weighted by Gasteiger charge is 2.15. The molecule has 0 fully saturated rings. The Morgan fingerprint density at radius 2 is 1.85 bits per heavy atom. The van der Waals surface area contributed by atoms with Crippen LogP contribution in [0.1, 0.15) is 21.5 Å². The predicted molar refractivity (Wildman–Crippen MR) is 85.5 cm³/mol. The number of anilines is 1. The number of para-hydroxylation sites is 1. The average Bonchev–Trinajstić information content (AvgIpc) is 2.43. The fourth-order valence-corrected chi connectivity index (χ4v) is 2.27. The maximum Gasteiger partial charge on any atom is 0.255 e. The van der Waals surface area contributed by atoms with Crippen LogP contribution in [0, 0.1) is 6.92 Å². The SMILES string of the molecule is Cc1cccc(C(=O)N(C)Cc2ccc(Br)cc2)c1N. The lowest BCUT2D eigenvalue weighted by Crippen LogP contribution is -2.27. The number of carbonyl (C=O) groups is 1. The molecule has 0 aromatic heterocycles. The van der Waals surface area contributed by atoms with E-state index >= 15 is 0 Å². The van der Waals surface area contributed by atoms with E-state index < -0.39 is 0 Å². The van der Waals surface area contributed by atoms with Crippen molar-refractivity contribution in [2.45, 2.75) is 13.5 Å². The highest BCUT2D eigenvalue weighted by molar-refractivity contribution is 9.10. The van der Waals surface area contributed by atoms with Crippen molar-refractivity contribution in [2.24, 2.45) is 0 Å². The number of rotatable bonds is 3. The van der Waals surface area contributed by atoms with E-state index in [0.717, 1.165) is 15.6 Å². The first-order valence-corrected chi connectivity index (χ1v) is 7.13. The molecule has 104 valence electrons. The van der Waals surface area contributed by atoms with Gasteiger partial charge in [-0.15, -0.1) is 0 Å². The Balaban J connectivity index is 2.16. The maximum absolute atomic E-state index is 12.4. The Morgan fingerprint density at radius 3 is 2.50 bits per heavy atom. The zero-order valence-corrected chi connectivity index (χ0v) is 13.1. The molecule has 0 aliphatic heterocycles. The monoisotopic (exact) mass is 332 g/mol. The van der Waals surface area contributed by atoms with Crippen molar-refractivity contribution in [2.75, 3.05) is 12.8 Å². The van der Waals surface area contributed by atoms with E-state index in [1.54, 1.807) is 18.0 Å². The van der Waals surface area contributed by atoms with Crippen molar-refractivity contribution >= 4 is 27.5 Å². The van der Waals surface area contributed by atoms with E-state index in [0.29, 0.717) is 17.8 Å². The molecule has 2 N–H and O–H groups in total. The van der Waals surface area contributed by atoms with Crippen molar-refractivity contribution in [3.8, 4) is 0 Å². The van der Waals surface area contributed by atoms with Gasteiger partial charge in [-0.25, -0.2) is 0 Å². The average molecular weight is 333 g/mol. The summed E-state index contributed by atoms with van der Waals surface area (Å²) in [7, 11) is 1.78. The lowest BCUT2D eigenvalue weighted by molar-refractivity contribution is 0.0786. The number of hydrogen-bond donors (Lipinski definition) is 1. The number of aryl methyl sites for hydroxylation is 1. The first-order chi connectivity index (χ1) is 9.49. The number of nitrogens with two attached hydrogens (primary N) is 1. The Kier molecular flexibility index (Phi) is 4.45. The van der Waals surface area contributed by atoms with Crippen LogP contribution >= 0.6 is 15.9 Å². The van der Waals surface area contributed by atoms with Crippen LogP contribution in [0.2, 0.25) is 0 Å². The molecule has 2 aromatic rings. The van der Waals surface area contributed by atoms with Crippen LogP contribution in [0.3, 0.4) is 0 Å². The summed E-state index contributed by atoms with van der Waals surface area (Å²) in [6.45, 7) is 2.46. The number of nitrogens with zero attached hydrogens (tertiary/aromatic N) is 1. The standard InChI is InChI=1S/C16H17BrN2O/c1-11-4-3-5-14(15(11)18)16(20)19(2)10-12-6-8-13(17)9-7-12/h3-9H,10,18H2,1-2H3. The Bertz CT molecular complexity index is 623. The van der Waals surface area contributed by atoms with Crippen molar-refractivity contribution in [1.82, 2.24) is 4.90 Å². The molecule has 4 heteroatoms. The van der Waals surface area contributed by atoms with Gasteiger partial charge in [0.1, 0.15) is 0 Å².